The maximum Gasteiger partial charge on any atom is 1.00 e. The third-order valence-electron chi connectivity index (χ3n) is 0.591. The van der Waals surface area contributed by atoms with Gasteiger partial charge in [-0.15, -0.1) is 0 Å². The maximum absolute atomic E-state index is 9.43. The fourth-order valence-electron chi connectivity index (χ4n) is 0.247. The molecule has 0 saturated carbocycles. The van der Waals surface area contributed by atoms with Crippen molar-refractivity contribution in [3.8, 4) is 0 Å². The number of hydrogen-bond acceptors (Lipinski definition) is 6. The zero-order valence-corrected chi connectivity index (χ0v) is 8.76. The summed E-state index contributed by atoms with van der Waals surface area (Å²) in [5, 5.41) is 34.0. The van der Waals surface area contributed by atoms with Crippen molar-refractivity contribution in [1.29, 1.82) is 0 Å². The molecule has 0 aromatic rings. The molecule has 0 saturated heterocycles. The van der Waals surface area contributed by atoms with Crippen LogP contribution in [0, 0.1) is 0 Å². The van der Waals surface area contributed by atoms with E-state index in [1.54, 1.807) is 0 Å². The number of carboxylic acid groups (broad SMARTS) is 4. The van der Waals surface area contributed by atoms with Gasteiger partial charge in [0.15, 0.2) is 0 Å². The first-order chi connectivity index (χ1) is 6.25. The average molecular weight is 220 g/mol. The standard InChI is InChI=1S/2C3H4O4.2Li/c2*4-2(5)1-3(6)7;;/h2*1H2,(H,4,5)(H,6,7);;/q;;2*+1/p-2. The Morgan fingerprint density at radius 1 is 0.750 bits per heavy atom. The van der Waals surface area contributed by atoms with Gasteiger partial charge in [0.2, 0.25) is 0 Å². The SMILES string of the molecule is O=C(O)CC(=O)O.O=C([O-])CC(=O)[O-].[Li+].[Li+]. The normalized spacial score (nSPS) is 7.00. The molecule has 8 nitrogen and oxygen atoms in total. The molecule has 10 heteroatoms. The number of rotatable bonds is 4. The molecule has 0 fully saturated rings. The van der Waals surface area contributed by atoms with Crippen LogP contribution in [0.25, 0.3) is 0 Å². The number of carboxylic acids is 4. The zero-order valence-electron chi connectivity index (χ0n) is 8.76. The van der Waals surface area contributed by atoms with Crippen LogP contribution in [0.1, 0.15) is 12.8 Å². The van der Waals surface area contributed by atoms with E-state index in [1.807, 2.05) is 0 Å². The smallest absolute Gasteiger partial charge is 0.550 e. The third kappa shape index (κ3) is 38.1. The Balaban J connectivity index is -0.0000000800. The summed E-state index contributed by atoms with van der Waals surface area (Å²) in [6.07, 6.45) is -1.83. The summed E-state index contributed by atoms with van der Waals surface area (Å²) in [7, 11) is 0. The second kappa shape index (κ2) is 14.1. The van der Waals surface area contributed by atoms with Gasteiger partial charge in [0.05, 0.1) is 0 Å². The van der Waals surface area contributed by atoms with Crippen molar-refractivity contribution >= 4 is 23.9 Å². The Kier molecular flexibility index (Phi) is 21.4. The molecule has 0 rings (SSSR count). The summed E-state index contributed by atoms with van der Waals surface area (Å²) in [6, 6.07) is 0. The van der Waals surface area contributed by atoms with Crippen molar-refractivity contribution in [2.45, 2.75) is 12.8 Å². The fourth-order valence-corrected chi connectivity index (χ4v) is 0.247. The fraction of sp³-hybridized carbons (Fsp3) is 0.333. The van der Waals surface area contributed by atoms with E-state index in [9.17, 15) is 29.4 Å². The van der Waals surface area contributed by atoms with E-state index < -0.39 is 36.7 Å². The molecule has 0 bridgehead atoms. The average Bonchev–Trinajstić information content (AvgIpc) is 1.79. The van der Waals surface area contributed by atoms with E-state index in [0.717, 1.165) is 0 Å². The molecule has 2 N–H and O–H groups in total. The minimum atomic E-state index is -1.63. The van der Waals surface area contributed by atoms with Crippen molar-refractivity contribution in [3.05, 3.63) is 0 Å². The number of carbonyl (C=O) groups is 4. The number of aliphatic carboxylic acids is 4. The number of carbonyl (C=O) groups excluding carboxylic acids is 2. The summed E-state index contributed by atoms with van der Waals surface area (Å²) in [4.78, 5) is 37.4. The largest absolute Gasteiger partial charge is 1.00 e. The first kappa shape index (κ1) is 24.3. The van der Waals surface area contributed by atoms with Gasteiger partial charge >= 0.3 is 49.7 Å². The maximum atomic E-state index is 9.43. The van der Waals surface area contributed by atoms with Crippen LogP contribution in [0.15, 0.2) is 0 Å². The van der Waals surface area contributed by atoms with E-state index in [-0.39, 0.29) is 37.7 Å². The van der Waals surface area contributed by atoms with Gasteiger partial charge in [-0.3, -0.25) is 9.59 Å². The molecule has 0 aliphatic heterocycles. The van der Waals surface area contributed by atoms with Crippen LogP contribution in [-0.2, 0) is 19.2 Å². The molecule has 0 heterocycles. The van der Waals surface area contributed by atoms with E-state index >= 15 is 0 Å². The van der Waals surface area contributed by atoms with Gasteiger partial charge in [-0.05, 0) is 0 Å². The molecule has 0 spiro atoms. The second-order valence-electron chi connectivity index (χ2n) is 1.89. The van der Waals surface area contributed by atoms with Crippen LogP contribution >= 0.6 is 0 Å². The predicted molar refractivity (Wildman–Crippen MR) is 34.5 cm³/mol. The quantitative estimate of drug-likeness (QED) is 0.349. The van der Waals surface area contributed by atoms with Crippen molar-refractivity contribution in [1.82, 2.24) is 0 Å². The molecule has 0 aliphatic rings. The van der Waals surface area contributed by atoms with Crippen LogP contribution in [0.2, 0.25) is 0 Å². The van der Waals surface area contributed by atoms with E-state index in [1.165, 1.54) is 0 Å². The van der Waals surface area contributed by atoms with Gasteiger partial charge in [-0.1, -0.05) is 0 Å². The van der Waals surface area contributed by atoms with E-state index in [4.69, 9.17) is 10.2 Å². The van der Waals surface area contributed by atoms with Crippen molar-refractivity contribution in [2.24, 2.45) is 0 Å². The summed E-state index contributed by atoms with van der Waals surface area (Å²) in [5.41, 5.74) is 0. The van der Waals surface area contributed by atoms with Gasteiger partial charge in [0.1, 0.15) is 6.42 Å². The van der Waals surface area contributed by atoms with Crippen LogP contribution in [-0.4, -0.2) is 34.1 Å². The summed E-state index contributed by atoms with van der Waals surface area (Å²) in [5.74, 6) is -5.88. The third-order valence-corrected chi connectivity index (χ3v) is 0.591. The van der Waals surface area contributed by atoms with Crippen molar-refractivity contribution in [3.63, 3.8) is 0 Å². The van der Waals surface area contributed by atoms with Crippen molar-refractivity contribution in [2.75, 3.05) is 0 Å². The molecule has 0 aromatic carbocycles. The predicted octanol–water partition coefficient (Wildman–Crippen LogP) is -9.57. The van der Waals surface area contributed by atoms with E-state index in [2.05, 4.69) is 0 Å². The topological polar surface area (TPSA) is 155 Å². The van der Waals surface area contributed by atoms with Crippen LogP contribution in [0.5, 0.6) is 0 Å². The Bertz CT molecular complexity index is 201. The minimum absolute atomic E-state index is 0. The molecule has 0 amide bonds. The molecular weight excluding hydrogens is 214 g/mol. The van der Waals surface area contributed by atoms with Crippen LogP contribution in [0.4, 0.5) is 0 Å². The Labute approximate surface area is 114 Å². The molecule has 0 unspecified atom stereocenters. The summed E-state index contributed by atoms with van der Waals surface area (Å²) >= 11 is 0. The molecule has 80 valence electrons. The second-order valence-corrected chi connectivity index (χ2v) is 1.89. The molecular formula is C6H6Li2O8. The van der Waals surface area contributed by atoms with Crippen molar-refractivity contribution < 1.29 is 77.3 Å². The van der Waals surface area contributed by atoms with Gasteiger partial charge in [0, 0.05) is 18.4 Å². The molecule has 0 aliphatic carbocycles. The summed E-state index contributed by atoms with van der Waals surface area (Å²) in [6.45, 7) is 0. The minimum Gasteiger partial charge on any atom is -0.550 e. The van der Waals surface area contributed by atoms with Gasteiger partial charge < -0.3 is 30.0 Å². The number of hydrogen-bond donors (Lipinski definition) is 2. The van der Waals surface area contributed by atoms with Gasteiger partial charge in [-0.2, -0.15) is 0 Å². The van der Waals surface area contributed by atoms with Gasteiger partial charge in [-0.25, -0.2) is 0 Å². The Morgan fingerprint density at radius 3 is 1.00 bits per heavy atom. The monoisotopic (exact) mass is 220 g/mol. The summed E-state index contributed by atoms with van der Waals surface area (Å²) < 4.78 is 0. The molecule has 16 heavy (non-hydrogen) atoms. The van der Waals surface area contributed by atoms with Crippen LogP contribution in [0.3, 0.4) is 0 Å². The molecule has 0 aromatic heterocycles. The van der Waals surface area contributed by atoms with Gasteiger partial charge in [0.25, 0.3) is 0 Å². The Hall–Kier alpha value is -0.925. The zero-order chi connectivity index (χ0) is 11.7. The first-order valence-electron chi connectivity index (χ1n) is 3.09. The first-order valence-corrected chi connectivity index (χ1v) is 3.09. The molecule has 0 radical (unpaired) electrons. The molecule has 0 atom stereocenters. The van der Waals surface area contributed by atoms with E-state index in [0.29, 0.717) is 0 Å². The Morgan fingerprint density at radius 2 is 1.00 bits per heavy atom. The van der Waals surface area contributed by atoms with Crippen LogP contribution < -0.4 is 47.9 Å².